The highest BCUT2D eigenvalue weighted by Crippen LogP contribution is 2.22. The lowest BCUT2D eigenvalue weighted by Crippen LogP contribution is -2.12. The zero-order valence-electron chi connectivity index (χ0n) is 12.9. The van der Waals surface area contributed by atoms with Crippen molar-refractivity contribution in [1.82, 2.24) is 19.6 Å². The van der Waals surface area contributed by atoms with Crippen LogP contribution in [0.1, 0.15) is 31.0 Å². The van der Waals surface area contributed by atoms with Gasteiger partial charge in [0.1, 0.15) is 12.4 Å². The van der Waals surface area contributed by atoms with Crippen molar-refractivity contribution in [3.05, 3.63) is 48.0 Å². The average Bonchev–Trinajstić information content (AvgIpc) is 2.99. The van der Waals surface area contributed by atoms with Gasteiger partial charge >= 0.3 is 10.1 Å². The maximum Gasteiger partial charge on any atom is 0.360 e. The maximum atomic E-state index is 12.4. The summed E-state index contributed by atoms with van der Waals surface area (Å²) in [7, 11) is -4.17. The average molecular weight is 343 g/mol. The van der Waals surface area contributed by atoms with E-state index in [0.717, 1.165) is 5.56 Å². The summed E-state index contributed by atoms with van der Waals surface area (Å²) in [6, 6.07) is 7.90. The summed E-state index contributed by atoms with van der Waals surface area (Å²) in [6.45, 7) is 4.09. The standard InChI is InChI=1S/C15H13N5O3S/c1-10(2)11-3-5-13-15(17-9-20(13)8-11)24(21,22)23-14-6-4-12(7-16)18-19-14/h3-6,8-10H,1-2H3. The van der Waals surface area contributed by atoms with E-state index in [2.05, 4.69) is 15.2 Å². The summed E-state index contributed by atoms with van der Waals surface area (Å²) in [5, 5.41) is 15.5. The molecule has 3 aromatic rings. The third-order valence-electron chi connectivity index (χ3n) is 3.37. The Labute approximate surface area is 138 Å². The Hall–Kier alpha value is -2.99. The third kappa shape index (κ3) is 2.91. The van der Waals surface area contributed by atoms with Crippen molar-refractivity contribution in [3.63, 3.8) is 0 Å². The van der Waals surface area contributed by atoms with Gasteiger partial charge < -0.3 is 8.58 Å². The van der Waals surface area contributed by atoms with Gasteiger partial charge in [-0.3, -0.25) is 0 Å². The summed E-state index contributed by atoms with van der Waals surface area (Å²) in [5.41, 5.74) is 1.53. The largest absolute Gasteiger partial charge is 0.360 e. The molecule has 0 radical (unpaired) electrons. The molecule has 3 aromatic heterocycles. The minimum Gasteiger partial charge on any atom is -0.355 e. The summed E-state index contributed by atoms with van der Waals surface area (Å²) < 4.78 is 31.4. The van der Waals surface area contributed by atoms with Crippen molar-refractivity contribution < 1.29 is 12.6 Å². The van der Waals surface area contributed by atoms with Crippen LogP contribution in [0.2, 0.25) is 0 Å². The van der Waals surface area contributed by atoms with Crippen molar-refractivity contribution >= 4 is 15.6 Å². The predicted molar refractivity (Wildman–Crippen MR) is 83.8 cm³/mol. The minimum absolute atomic E-state index is 0.0633. The fourth-order valence-corrected chi connectivity index (χ4v) is 3.10. The number of nitriles is 1. The van der Waals surface area contributed by atoms with Gasteiger partial charge in [0.15, 0.2) is 5.69 Å². The van der Waals surface area contributed by atoms with E-state index in [1.807, 2.05) is 26.1 Å². The highest BCUT2D eigenvalue weighted by molar-refractivity contribution is 7.87. The Balaban J connectivity index is 1.97. The lowest BCUT2D eigenvalue weighted by molar-refractivity contribution is 0.469. The Morgan fingerprint density at radius 1 is 1.21 bits per heavy atom. The Morgan fingerprint density at radius 3 is 2.62 bits per heavy atom. The Morgan fingerprint density at radius 2 is 2.00 bits per heavy atom. The topological polar surface area (TPSA) is 110 Å². The van der Waals surface area contributed by atoms with Crippen LogP contribution in [0.3, 0.4) is 0 Å². The molecule has 122 valence electrons. The first-order valence-electron chi connectivity index (χ1n) is 7.05. The molecule has 24 heavy (non-hydrogen) atoms. The molecule has 0 amide bonds. The lowest BCUT2D eigenvalue weighted by atomic mass is 10.1. The quantitative estimate of drug-likeness (QED) is 0.665. The minimum atomic E-state index is -4.17. The first-order chi connectivity index (χ1) is 11.4. The van der Waals surface area contributed by atoms with Gasteiger partial charge in [0.05, 0.1) is 5.52 Å². The molecule has 0 atom stereocenters. The van der Waals surface area contributed by atoms with E-state index in [0.29, 0.717) is 11.4 Å². The second-order valence-corrected chi connectivity index (χ2v) is 6.83. The van der Waals surface area contributed by atoms with Gasteiger partial charge in [0.25, 0.3) is 5.88 Å². The summed E-state index contributed by atoms with van der Waals surface area (Å²) in [6.07, 6.45) is 3.25. The number of rotatable bonds is 4. The molecule has 0 saturated carbocycles. The monoisotopic (exact) mass is 343 g/mol. The zero-order valence-corrected chi connectivity index (χ0v) is 13.7. The molecule has 0 aliphatic heterocycles. The SMILES string of the molecule is CC(C)c1ccc2c(S(=O)(=O)Oc3ccc(C#N)nn3)ncn2c1. The van der Waals surface area contributed by atoms with Gasteiger partial charge in [0.2, 0.25) is 5.03 Å². The van der Waals surface area contributed by atoms with Crippen molar-refractivity contribution in [2.75, 3.05) is 0 Å². The molecule has 3 heterocycles. The first-order valence-corrected chi connectivity index (χ1v) is 8.46. The predicted octanol–water partition coefficient (Wildman–Crippen LogP) is 1.89. The van der Waals surface area contributed by atoms with E-state index in [9.17, 15) is 8.42 Å². The molecule has 3 rings (SSSR count). The molecule has 0 saturated heterocycles. The van der Waals surface area contributed by atoms with Gasteiger partial charge in [-0.05, 0) is 23.6 Å². The Kier molecular flexibility index (Phi) is 3.91. The molecular formula is C15H13N5O3S. The maximum absolute atomic E-state index is 12.4. The van der Waals surface area contributed by atoms with Crippen molar-refractivity contribution in [1.29, 1.82) is 5.26 Å². The van der Waals surface area contributed by atoms with E-state index >= 15 is 0 Å². The molecule has 0 spiro atoms. The normalized spacial score (nSPS) is 11.6. The van der Waals surface area contributed by atoms with Crippen LogP contribution in [0.4, 0.5) is 0 Å². The van der Waals surface area contributed by atoms with E-state index in [1.54, 1.807) is 16.5 Å². The summed E-state index contributed by atoms with van der Waals surface area (Å²) >= 11 is 0. The van der Waals surface area contributed by atoms with Crippen LogP contribution in [-0.4, -0.2) is 28.0 Å². The van der Waals surface area contributed by atoms with Gasteiger partial charge in [0, 0.05) is 12.3 Å². The number of nitrogens with zero attached hydrogens (tertiary/aromatic N) is 5. The highest BCUT2D eigenvalue weighted by Gasteiger charge is 2.24. The molecular weight excluding hydrogens is 330 g/mol. The Bertz CT molecular complexity index is 1030. The molecule has 0 fully saturated rings. The van der Waals surface area contributed by atoms with Crippen molar-refractivity contribution in [2.45, 2.75) is 24.8 Å². The number of aromatic nitrogens is 4. The smallest absolute Gasteiger partial charge is 0.355 e. The molecule has 0 aliphatic carbocycles. The number of hydrogen-bond donors (Lipinski definition) is 0. The molecule has 9 heteroatoms. The van der Waals surface area contributed by atoms with Crippen LogP contribution < -0.4 is 4.18 Å². The second-order valence-electron chi connectivity index (χ2n) is 5.37. The molecule has 0 bridgehead atoms. The lowest BCUT2D eigenvalue weighted by Gasteiger charge is -2.07. The van der Waals surface area contributed by atoms with Gasteiger partial charge in [-0.2, -0.15) is 13.7 Å². The van der Waals surface area contributed by atoms with Crippen LogP contribution in [0.5, 0.6) is 5.88 Å². The van der Waals surface area contributed by atoms with Gasteiger partial charge in [-0.1, -0.05) is 19.9 Å². The second kappa shape index (κ2) is 5.90. The highest BCUT2D eigenvalue weighted by atomic mass is 32.2. The van der Waals surface area contributed by atoms with Crippen LogP contribution in [0, 0.1) is 11.3 Å². The molecule has 0 aromatic carbocycles. The van der Waals surface area contributed by atoms with E-state index in [4.69, 9.17) is 9.44 Å². The molecule has 8 nitrogen and oxygen atoms in total. The van der Waals surface area contributed by atoms with E-state index in [1.165, 1.54) is 18.5 Å². The number of pyridine rings is 1. The van der Waals surface area contributed by atoms with E-state index in [-0.39, 0.29) is 16.6 Å². The molecule has 0 aliphatic rings. The molecule has 0 unspecified atom stereocenters. The first kappa shape index (κ1) is 15.9. The van der Waals surface area contributed by atoms with Crippen LogP contribution in [-0.2, 0) is 10.1 Å². The third-order valence-corrected chi connectivity index (χ3v) is 4.55. The molecule has 0 N–H and O–H groups in total. The summed E-state index contributed by atoms with van der Waals surface area (Å²) in [4.78, 5) is 3.95. The number of imidazole rings is 1. The fraction of sp³-hybridized carbons (Fsp3) is 0.200. The number of fused-ring (bicyclic) bond motifs is 1. The summed E-state index contributed by atoms with van der Waals surface area (Å²) in [5.74, 6) is 0.0796. The van der Waals surface area contributed by atoms with Crippen LogP contribution >= 0.6 is 0 Å². The van der Waals surface area contributed by atoms with Gasteiger partial charge in [-0.15, -0.1) is 10.2 Å². The van der Waals surface area contributed by atoms with E-state index < -0.39 is 10.1 Å². The zero-order chi connectivity index (χ0) is 17.3. The number of hydrogen-bond acceptors (Lipinski definition) is 7. The fourth-order valence-electron chi connectivity index (χ4n) is 2.10. The van der Waals surface area contributed by atoms with Crippen molar-refractivity contribution in [2.24, 2.45) is 0 Å². The van der Waals surface area contributed by atoms with Crippen LogP contribution in [0.25, 0.3) is 5.52 Å². The van der Waals surface area contributed by atoms with Gasteiger partial charge in [-0.25, -0.2) is 4.98 Å². The van der Waals surface area contributed by atoms with Crippen LogP contribution in [0.15, 0.2) is 41.8 Å². The van der Waals surface area contributed by atoms with Crippen molar-refractivity contribution in [3.8, 4) is 11.9 Å².